The van der Waals surface area contributed by atoms with Gasteiger partial charge in [-0.3, -0.25) is 0 Å². The summed E-state index contributed by atoms with van der Waals surface area (Å²) in [6.07, 6.45) is 0. The summed E-state index contributed by atoms with van der Waals surface area (Å²) in [7, 11) is 3.67. The van der Waals surface area contributed by atoms with Gasteiger partial charge < -0.3 is 9.67 Å². The fraction of sp³-hybridized carbons (Fsp3) is 1.00. The van der Waals surface area contributed by atoms with Gasteiger partial charge in [-0.05, 0) is 21.0 Å². The van der Waals surface area contributed by atoms with Gasteiger partial charge in [0.25, 0.3) is 0 Å². The van der Waals surface area contributed by atoms with Crippen molar-refractivity contribution in [3.63, 3.8) is 0 Å². The molecule has 0 aliphatic heterocycles. The van der Waals surface area contributed by atoms with E-state index >= 15 is 0 Å². The normalized spacial score (nSPS) is 16.7. The van der Waals surface area contributed by atoms with Crippen molar-refractivity contribution in [3.05, 3.63) is 0 Å². The Morgan fingerprint density at radius 1 is 1.57 bits per heavy atom. The lowest BCUT2D eigenvalue weighted by Crippen LogP contribution is -2.27. The van der Waals surface area contributed by atoms with E-state index in [1.807, 2.05) is 21.0 Å². The van der Waals surface area contributed by atoms with Crippen molar-refractivity contribution >= 4 is 9.68 Å². The zero-order chi connectivity index (χ0) is 5.86. The Morgan fingerprint density at radius 3 is 2.00 bits per heavy atom. The first-order valence-electron chi connectivity index (χ1n) is 2.45. The molecular weight excluding hydrogens is 106 g/mol. The predicted molar refractivity (Wildman–Crippen MR) is 33.9 cm³/mol. The van der Waals surface area contributed by atoms with Gasteiger partial charge in [-0.2, -0.15) is 0 Å². The fourth-order valence-electron chi connectivity index (χ4n) is 0.528. The van der Waals surface area contributed by atoms with Gasteiger partial charge in [0.05, 0.1) is 5.73 Å². The Kier molecular flexibility index (Phi) is 3.24. The highest BCUT2D eigenvalue weighted by molar-refractivity contribution is 6.33. The highest BCUT2D eigenvalue weighted by atomic mass is 28.2. The third kappa shape index (κ3) is 6.14. The van der Waals surface area contributed by atoms with Gasteiger partial charge in [0.15, 0.2) is 0 Å². The van der Waals surface area contributed by atoms with Gasteiger partial charge in [-0.15, -0.1) is 0 Å². The van der Waals surface area contributed by atoms with Crippen LogP contribution in [0.5, 0.6) is 0 Å². The fourth-order valence-corrected chi connectivity index (χ4v) is 1.59. The molecule has 0 amide bonds. The van der Waals surface area contributed by atoms with Gasteiger partial charge in [-0.25, -0.2) is 0 Å². The Bertz CT molecular complexity index is 41.0. The monoisotopic (exact) mass is 119 g/mol. The summed E-state index contributed by atoms with van der Waals surface area (Å²) in [6, 6.07) is 0. The lowest BCUT2D eigenvalue weighted by atomic mass is 10.9. The van der Waals surface area contributed by atoms with Crippen molar-refractivity contribution < 1.29 is 5.11 Å². The van der Waals surface area contributed by atoms with Crippen molar-refractivity contribution in [1.82, 2.24) is 4.57 Å². The maximum absolute atomic E-state index is 8.74. The second-order valence-electron chi connectivity index (χ2n) is 2.11. The summed E-state index contributed by atoms with van der Waals surface area (Å²) in [4.78, 5) is 0. The van der Waals surface area contributed by atoms with Gasteiger partial charge in [-0.1, -0.05) is 0 Å². The van der Waals surface area contributed by atoms with Crippen LogP contribution in [0.3, 0.4) is 0 Å². The number of nitrogens with zero attached hydrogens (tertiary/aromatic N) is 1. The van der Waals surface area contributed by atoms with Crippen LogP contribution in [0.25, 0.3) is 0 Å². The van der Waals surface area contributed by atoms with Crippen LogP contribution in [0.15, 0.2) is 0 Å². The zero-order valence-corrected chi connectivity index (χ0v) is 6.59. The molecule has 1 N–H and O–H groups in total. The van der Waals surface area contributed by atoms with E-state index in [0.29, 0.717) is 0 Å². The molecule has 0 saturated carbocycles. The van der Waals surface area contributed by atoms with Gasteiger partial charge in [0.2, 0.25) is 0 Å². The van der Waals surface area contributed by atoms with E-state index in [0.717, 1.165) is 0 Å². The Balaban J connectivity index is 2.95. The van der Waals surface area contributed by atoms with E-state index in [2.05, 4.69) is 4.57 Å². The molecule has 0 aromatic rings. The van der Waals surface area contributed by atoms with Crippen molar-refractivity contribution in [2.24, 2.45) is 0 Å². The van der Waals surface area contributed by atoms with E-state index < -0.39 is 0 Å². The van der Waals surface area contributed by atoms with Crippen molar-refractivity contribution in [3.8, 4) is 0 Å². The van der Waals surface area contributed by atoms with Gasteiger partial charge >= 0.3 is 0 Å². The molecule has 1 atom stereocenters. The Morgan fingerprint density at radius 2 is 2.00 bits per heavy atom. The van der Waals surface area contributed by atoms with Crippen molar-refractivity contribution in [1.29, 1.82) is 0 Å². The summed E-state index contributed by atoms with van der Waals surface area (Å²) >= 11 is 0. The molecule has 0 radical (unpaired) electrons. The number of rotatable bonds is 2. The lowest BCUT2D eigenvalue weighted by molar-refractivity contribution is 0.264. The van der Waals surface area contributed by atoms with E-state index in [4.69, 9.17) is 5.11 Å². The molecule has 0 spiro atoms. The molecule has 0 aliphatic carbocycles. The first-order chi connectivity index (χ1) is 3.13. The van der Waals surface area contributed by atoms with Gasteiger partial charge in [0.1, 0.15) is 9.68 Å². The molecule has 1 unspecified atom stereocenters. The largest absolute Gasteiger partial charge is 0.396 e. The second kappa shape index (κ2) is 3.18. The van der Waals surface area contributed by atoms with Crippen LogP contribution >= 0.6 is 0 Å². The highest BCUT2D eigenvalue weighted by Crippen LogP contribution is 1.76. The van der Waals surface area contributed by atoms with E-state index in [9.17, 15) is 0 Å². The van der Waals surface area contributed by atoms with Crippen LogP contribution < -0.4 is 0 Å². The van der Waals surface area contributed by atoms with E-state index in [1.165, 1.54) is 0 Å². The van der Waals surface area contributed by atoms with Crippen LogP contribution in [-0.4, -0.2) is 39.2 Å². The van der Waals surface area contributed by atoms with Crippen LogP contribution in [0.1, 0.15) is 6.92 Å². The SMILES string of the molecule is CC(O)[SiH2]N(C)C. The molecule has 0 rings (SSSR count). The minimum atomic E-state index is -0.330. The topological polar surface area (TPSA) is 23.5 Å². The molecule has 3 heteroatoms. The Hall–Kier alpha value is 0.137. The molecular formula is C4H13NOSi. The molecule has 0 saturated heterocycles. The van der Waals surface area contributed by atoms with E-state index in [-0.39, 0.29) is 15.4 Å². The number of aliphatic hydroxyl groups excluding tert-OH is 1. The third-order valence-electron chi connectivity index (χ3n) is 0.629. The molecule has 0 aromatic carbocycles. The molecule has 44 valence electrons. The highest BCUT2D eigenvalue weighted by Gasteiger charge is 1.95. The van der Waals surface area contributed by atoms with Crippen LogP contribution in [0.2, 0.25) is 0 Å². The van der Waals surface area contributed by atoms with E-state index in [1.54, 1.807) is 0 Å². The molecule has 7 heavy (non-hydrogen) atoms. The quantitative estimate of drug-likeness (QED) is 0.470. The Labute approximate surface area is 47.0 Å². The second-order valence-corrected chi connectivity index (χ2v) is 4.92. The van der Waals surface area contributed by atoms with Crippen molar-refractivity contribution in [2.75, 3.05) is 14.1 Å². The first-order valence-corrected chi connectivity index (χ1v) is 3.90. The number of aliphatic hydroxyl groups is 1. The lowest BCUT2D eigenvalue weighted by Gasteiger charge is -2.09. The molecule has 0 aromatic heterocycles. The maximum atomic E-state index is 8.74. The summed E-state index contributed by atoms with van der Waals surface area (Å²) in [5, 5.41) is 8.74. The molecule has 0 heterocycles. The zero-order valence-electron chi connectivity index (χ0n) is 5.18. The van der Waals surface area contributed by atoms with Crippen molar-refractivity contribution in [2.45, 2.75) is 12.7 Å². The molecule has 0 aliphatic rings. The molecule has 2 nitrogen and oxygen atoms in total. The van der Waals surface area contributed by atoms with Gasteiger partial charge in [0, 0.05) is 0 Å². The summed E-state index contributed by atoms with van der Waals surface area (Å²) in [5.74, 6) is 0. The summed E-state index contributed by atoms with van der Waals surface area (Å²) < 4.78 is 2.09. The first kappa shape index (κ1) is 7.14. The number of hydrogen-bond donors (Lipinski definition) is 1. The number of hydrogen-bond acceptors (Lipinski definition) is 2. The van der Waals surface area contributed by atoms with Crippen LogP contribution in [0.4, 0.5) is 0 Å². The predicted octanol–water partition coefficient (Wildman–Crippen LogP) is -1.03. The molecule has 0 fully saturated rings. The minimum Gasteiger partial charge on any atom is -0.396 e. The molecule has 0 bridgehead atoms. The van der Waals surface area contributed by atoms with Crippen LogP contribution in [-0.2, 0) is 0 Å². The average molecular weight is 119 g/mol. The summed E-state index contributed by atoms with van der Waals surface area (Å²) in [5.41, 5.74) is -0.0602. The third-order valence-corrected chi connectivity index (χ3v) is 1.89. The average Bonchev–Trinajstić information content (AvgIpc) is 1.27. The summed E-state index contributed by atoms with van der Waals surface area (Å²) in [6.45, 7) is 1.84. The van der Waals surface area contributed by atoms with Crippen LogP contribution in [0, 0.1) is 0 Å². The maximum Gasteiger partial charge on any atom is 0.126 e. The smallest absolute Gasteiger partial charge is 0.126 e. The standard InChI is InChI=1S/C4H13NOSi/c1-4(6)7-5(2)3/h4,6H,7H2,1-3H3. The minimum absolute atomic E-state index is 0.0602.